The molecule has 0 spiro atoms. The molecule has 1 saturated heterocycles. The fourth-order valence-corrected chi connectivity index (χ4v) is 3.18. The highest BCUT2D eigenvalue weighted by Gasteiger charge is 2.34. The summed E-state index contributed by atoms with van der Waals surface area (Å²) in [5.74, 6) is 1.05. The second kappa shape index (κ2) is 8.89. The summed E-state index contributed by atoms with van der Waals surface area (Å²) in [5, 5.41) is 0. The van der Waals surface area contributed by atoms with Gasteiger partial charge in [-0.05, 0) is 43.4 Å². The summed E-state index contributed by atoms with van der Waals surface area (Å²) in [5.41, 5.74) is 1.23. The molecule has 2 rings (SSSR count). The van der Waals surface area contributed by atoms with Gasteiger partial charge in [0.15, 0.2) is 6.29 Å². The van der Waals surface area contributed by atoms with E-state index in [0.29, 0.717) is 6.42 Å². The first-order valence-electron chi connectivity index (χ1n) is 8.17. The predicted octanol–water partition coefficient (Wildman–Crippen LogP) is 2.63. The smallest absolute Gasteiger partial charge is 0.223 e. The van der Waals surface area contributed by atoms with Crippen LogP contribution < -0.4 is 4.74 Å². The van der Waals surface area contributed by atoms with Crippen LogP contribution in [0.15, 0.2) is 24.3 Å². The maximum Gasteiger partial charge on any atom is 0.223 e. The highest BCUT2D eigenvalue weighted by molar-refractivity contribution is 5.76. The minimum atomic E-state index is -0.331. The largest absolute Gasteiger partial charge is 0.497 e. The van der Waals surface area contributed by atoms with E-state index < -0.39 is 0 Å². The summed E-state index contributed by atoms with van der Waals surface area (Å²) in [4.78, 5) is 14.4. The third-order valence-corrected chi connectivity index (χ3v) is 4.41. The Morgan fingerprint density at radius 2 is 1.91 bits per heavy atom. The van der Waals surface area contributed by atoms with Gasteiger partial charge >= 0.3 is 0 Å². The number of carbonyl (C=O) groups excluding carboxylic acids is 1. The van der Waals surface area contributed by atoms with Crippen LogP contribution in [0.2, 0.25) is 0 Å². The van der Waals surface area contributed by atoms with Gasteiger partial charge in [-0.2, -0.15) is 0 Å². The molecule has 23 heavy (non-hydrogen) atoms. The highest BCUT2D eigenvalue weighted by Crippen LogP contribution is 2.23. The topological polar surface area (TPSA) is 48.0 Å². The molecular formula is C18H27NO4. The maximum atomic E-state index is 12.5. The van der Waals surface area contributed by atoms with Crippen LogP contribution in [-0.4, -0.2) is 51.0 Å². The number of amides is 1. The monoisotopic (exact) mass is 321 g/mol. The van der Waals surface area contributed by atoms with E-state index in [-0.39, 0.29) is 18.2 Å². The van der Waals surface area contributed by atoms with Gasteiger partial charge in [0.05, 0.1) is 13.2 Å². The number of aryl methyl sites for hydroxylation is 1. The van der Waals surface area contributed by atoms with Gasteiger partial charge in [-0.3, -0.25) is 4.79 Å². The van der Waals surface area contributed by atoms with E-state index in [2.05, 4.69) is 0 Å². The molecule has 1 fully saturated rings. The minimum Gasteiger partial charge on any atom is -0.497 e. The zero-order chi connectivity index (χ0) is 16.7. The quantitative estimate of drug-likeness (QED) is 0.691. The Kier molecular flexibility index (Phi) is 6.86. The van der Waals surface area contributed by atoms with Crippen molar-refractivity contribution in [3.63, 3.8) is 0 Å². The minimum absolute atomic E-state index is 0.0403. The van der Waals surface area contributed by atoms with Crippen molar-refractivity contribution in [2.45, 2.75) is 44.4 Å². The Labute approximate surface area is 138 Å². The zero-order valence-corrected chi connectivity index (χ0v) is 14.3. The van der Waals surface area contributed by atoms with Crippen molar-refractivity contribution in [2.24, 2.45) is 0 Å². The molecule has 1 aromatic rings. The van der Waals surface area contributed by atoms with Crippen molar-refractivity contribution in [3.8, 4) is 5.75 Å². The van der Waals surface area contributed by atoms with Crippen molar-refractivity contribution < 1.29 is 19.0 Å². The van der Waals surface area contributed by atoms with E-state index in [1.807, 2.05) is 29.2 Å². The summed E-state index contributed by atoms with van der Waals surface area (Å²) < 4.78 is 15.8. The normalized spacial score (nSPS) is 17.7. The van der Waals surface area contributed by atoms with Gasteiger partial charge in [0.1, 0.15) is 5.75 Å². The van der Waals surface area contributed by atoms with Crippen LogP contribution in [0.3, 0.4) is 0 Å². The first kappa shape index (κ1) is 17.8. The number of hydrogen-bond donors (Lipinski definition) is 0. The zero-order valence-electron chi connectivity index (χ0n) is 14.3. The van der Waals surface area contributed by atoms with Crippen molar-refractivity contribution in [1.29, 1.82) is 0 Å². The molecule has 1 atom stereocenters. The molecule has 1 amide bonds. The summed E-state index contributed by atoms with van der Waals surface area (Å²) >= 11 is 0. The Hall–Kier alpha value is -1.59. The molecule has 0 saturated carbocycles. The van der Waals surface area contributed by atoms with E-state index >= 15 is 0 Å². The van der Waals surface area contributed by atoms with Crippen molar-refractivity contribution in [2.75, 3.05) is 27.9 Å². The molecule has 0 aromatic heterocycles. The molecule has 0 radical (unpaired) electrons. The van der Waals surface area contributed by atoms with Gasteiger partial charge in [0.25, 0.3) is 0 Å². The van der Waals surface area contributed by atoms with Crippen LogP contribution in [0, 0.1) is 0 Å². The van der Waals surface area contributed by atoms with Gasteiger partial charge < -0.3 is 19.1 Å². The number of benzene rings is 1. The lowest BCUT2D eigenvalue weighted by Gasteiger charge is -2.29. The molecule has 1 aliphatic rings. The van der Waals surface area contributed by atoms with Gasteiger partial charge in [0, 0.05) is 27.2 Å². The van der Waals surface area contributed by atoms with Crippen LogP contribution in [0.25, 0.3) is 0 Å². The van der Waals surface area contributed by atoms with Crippen molar-refractivity contribution in [1.82, 2.24) is 4.90 Å². The second-order valence-electron chi connectivity index (χ2n) is 5.84. The average Bonchev–Trinajstić information content (AvgIpc) is 3.06. The molecule has 0 N–H and O–H groups in total. The summed E-state index contributed by atoms with van der Waals surface area (Å²) in [7, 11) is 4.91. The molecule has 1 aliphatic heterocycles. The molecule has 5 nitrogen and oxygen atoms in total. The van der Waals surface area contributed by atoms with Gasteiger partial charge in [-0.25, -0.2) is 0 Å². The molecular weight excluding hydrogens is 294 g/mol. The lowest BCUT2D eigenvalue weighted by molar-refractivity contribution is -0.157. The molecule has 0 bridgehead atoms. The third kappa shape index (κ3) is 4.69. The highest BCUT2D eigenvalue weighted by atomic mass is 16.7. The number of ether oxygens (including phenoxy) is 3. The number of carbonyl (C=O) groups is 1. The second-order valence-corrected chi connectivity index (χ2v) is 5.84. The molecule has 0 unspecified atom stereocenters. The number of rotatable bonds is 8. The van der Waals surface area contributed by atoms with Gasteiger partial charge in [-0.15, -0.1) is 0 Å². The Bertz CT molecular complexity index is 484. The predicted molar refractivity (Wildman–Crippen MR) is 88.5 cm³/mol. The van der Waals surface area contributed by atoms with Crippen LogP contribution in [0.1, 0.15) is 31.2 Å². The van der Waals surface area contributed by atoms with E-state index in [1.54, 1.807) is 21.3 Å². The third-order valence-electron chi connectivity index (χ3n) is 4.41. The van der Waals surface area contributed by atoms with Crippen LogP contribution in [-0.2, 0) is 20.7 Å². The van der Waals surface area contributed by atoms with E-state index in [9.17, 15) is 4.79 Å². The Morgan fingerprint density at radius 3 is 2.52 bits per heavy atom. The Morgan fingerprint density at radius 1 is 1.22 bits per heavy atom. The molecule has 1 aromatic carbocycles. The Balaban J connectivity index is 1.81. The summed E-state index contributed by atoms with van der Waals surface area (Å²) in [6.45, 7) is 0.801. The standard InChI is InChI=1S/C18H27NO4/c1-21-15-11-9-14(10-12-15)6-4-8-17(20)19-13-5-7-16(19)18(22-2)23-3/h9-12,16,18H,4-8,13H2,1-3H3/t16-/m0/s1. The number of methoxy groups -OCH3 is 3. The lowest BCUT2D eigenvalue weighted by atomic mass is 10.1. The SMILES string of the molecule is COc1ccc(CCCC(=O)N2CCC[C@H]2C(OC)OC)cc1. The fraction of sp³-hybridized carbons (Fsp3) is 0.611. The maximum absolute atomic E-state index is 12.5. The van der Waals surface area contributed by atoms with E-state index in [0.717, 1.165) is 38.0 Å². The van der Waals surface area contributed by atoms with Crippen molar-refractivity contribution >= 4 is 5.91 Å². The van der Waals surface area contributed by atoms with Gasteiger partial charge in [-0.1, -0.05) is 12.1 Å². The van der Waals surface area contributed by atoms with E-state index in [1.165, 1.54) is 5.56 Å². The molecule has 128 valence electrons. The summed E-state index contributed by atoms with van der Waals surface area (Å²) in [6, 6.07) is 8.05. The first-order chi connectivity index (χ1) is 11.2. The van der Waals surface area contributed by atoms with Crippen LogP contribution in [0.4, 0.5) is 0 Å². The van der Waals surface area contributed by atoms with Crippen molar-refractivity contribution in [3.05, 3.63) is 29.8 Å². The van der Waals surface area contributed by atoms with E-state index in [4.69, 9.17) is 14.2 Å². The number of hydrogen-bond acceptors (Lipinski definition) is 4. The van der Waals surface area contributed by atoms with Gasteiger partial charge in [0.2, 0.25) is 5.91 Å². The number of likely N-dealkylation sites (tertiary alicyclic amines) is 1. The van der Waals surface area contributed by atoms with Crippen LogP contribution in [0.5, 0.6) is 5.75 Å². The summed E-state index contributed by atoms with van der Waals surface area (Å²) in [6.07, 6.45) is 3.92. The first-order valence-corrected chi connectivity index (χ1v) is 8.17. The molecule has 1 heterocycles. The lowest BCUT2D eigenvalue weighted by Crippen LogP contribution is -2.44. The molecule has 5 heteroatoms. The average molecular weight is 321 g/mol. The number of nitrogens with zero attached hydrogens (tertiary/aromatic N) is 1. The fourth-order valence-electron chi connectivity index (χ4n) is 3.18. The van der Waals surface area contributed by atoms with Crippen LogP contribution >= 0.6 is 0 Å². The molecule has 0 aliphatic carbocycles.